The lowest BCUT2D eigenvalue weighted by molar-refractivity contribution is -0.137. The van der Waals surface area contributed by atoms with E-state index >= 15 is 0 Å². The van der Waals surface area contributed by atoms with Crippen LogP contribution in [0, 0.1) is 11.3 Å². The number of methoxy groups -OCH3 is 1. The Morgan fingerprint density at radius 2 is 1.70 bits per heavy atom. The van der Waals surface area contributed by atoms with Crippen LogP contribution in [0.1, 0.15) is 16.7 Å². The molecular weight excluding hydrogens is 353 g/mol. The van der Waals surface area contributed by atoms with Crippen LogP contribution >= 0.6 is 0 Å². The van der Waals surface area contributed by atoms with E-state index in [0.717, 1.165) is 29.1 Å². The number of hydrogen-bond donors (Lipinski definition) is 0. The molecule has 0 spiro atoms. The number of nitriles is 1. The second-order valence-corrected chi connectivity index (χ2v) is 5.80. The number of rotatable bonds is 4. The first-order chi connectivity index (χ1) is 12.9. The largest absolute Gasteiger partial charge is 0.497 e. The van der Waals surface area contributed by atoms with Gasteiger partial charge in [0.25, 0.3) is 0 Å². The van der Waals surface area contributed by atoms with Crippen LogP contribution in [0.25, 0.3) is 17.3 Å². The lowest BCUT2D eigenvalue weighted by Gasteiger charge is -2.07. The summed E-state index contributed by atoms with van der Waals surface area (Å²) in [6, 6.07) is 15.9. The monoisotopic (exact) mass is 368 g/mol. The van der Waals surface area contributed by atoms with E-state index in [1.807, 2.05) is 53.4 Å². The molecule has 1 heterocycles. The van der Waals surface area contributed by atoms with E-state index in [2.05, 4.69) is 0 Å². The fourth-order valence-electron chi connectivity index (χ4n) is 2.60. The zero-order valence-electron chi connectivity index (χ0n) is 14.4. The molecule has 1 aromatic heterocycles. The number of halogens is 3. The molecule has 0 atom stereocenters. The van der Waals surface area contributed by atoms with Crippen LogP contribution in [0.4, 0.5) is 13.2 Å². The van der Waals surface area contributed by atoms with Crippen molar-refractivity contribution in [1.29, 1.82) is 5.26 Å². The second kappa shape index (κ2) is 7.42. The average Bonchev–Trinajstić information content (AvgIpc) is 3.14. The van der Waals surface area contributed by atoms with E-state index in [1.165, 1.54) is 12.1 Å². The number of alkyl halides is 3. The van der Waals surface area contributed by atoms with Gasteiger partial charge in [0.05, 0.1) is 24.3 Å². The highest BCUT2D eigenvalue weighted by Gasteiger charge is 2.30. The third kappa shape index (κ3) is 4.21. The van der Waals surface area contributed by atoms with Crippen LogP contribution in [-0.2, 0) is 6.18 Å². The molecule has 0 bridgehead atoms. The summed E-state index contributed by atoms with van der Waals surface area (Å²) in [5, 5.41) is 9.39. The van der Waals surface area contributed by atoms with Gasteiger partial charge in [0.15, 0.2) is 0 Å². The van der Waals surface area contributed by atoms with Gasteiger partial charge in [-0.15, -0.1) is 0 Å². The maximum absolute atomic E-state index is 12.7. The summed E-state index contributed by atoms with van der Waals surface area (Å²) in [6.45, 7) is 0. The van der Waals surface area contributed by atoms with Crippen molar-refractivity contribution in [2.45, 2.75) is 6.18 Å². The van der Waals surface area contributed by atoms with Gasteiger partial charge in [-0.25, -0.2) is 0 Å². The quantitative estimate of drug-likeness (QED) is 0.565. The molecular formula is C21H15F3N2O. The average molecular weight is 368 g/mol. The molecule has 0 fully saturated rings. The van der Waals surface area contributed by atoms with Crippen LogP contribution < -0.4 is 4.74 Å². The van der Waals surface area contributed by atoms with Crippen LogP contribution in [0.2, 0.25) is 0 Å². The van der Waals surface area contributed by atoms with E-state index in [0.29, 0.717) is 5.56 Å². The Bertz CT molecular complexity index is 992. The molecule has 27 heavy (non-hydrogen) atoms. The molecule has 3 nitrogen and oxygen atoms in total. The molecule has 0 radical (unpaired) electrons. The normalized spacial score (nSPS) is 11.9. The number of nitrogens with zero attached hydrogens (tertiary/aromatic N) is 2. The maximum Gasteiger partial charge on any atom is 0.416 e. The Morgan fingerprint density at radius 1 is 1.04 bits per heavy atom. The standard InChI is InChI=1S/C21H15F3N2O/c1-27-20-8-6-19(7-9-20)26-11-10-15(14-26)12-17(13-25)16-2-4-18(5-3-16)21(22,23)24/h2-12,14H,1H3/b17-12+. The molecule has 0 amide bonds. The third-order valence-corrected chi connectivity index (χ3v) is 4.04. The van der Waals surface area contributed by atoms with Crippen LogP contribution in [0.3, 0.4) is 0 Å². The number of allylic oxidation sites excluding steroid dienone is 1. The topological polar surface area (TPSA) is 38.0 Å². The minimum atomic E-state index is -4.40. The fraction of sp³-hybridized carbons (Fsp3) is 0.0952. The van der Waals surface area contributed by atoms with E-state index in [1.54, 1.807) is 13.2 Å². The van der Waals surface area contributed by atoms with Gasteiger partial charge < -0.3 is 9.30 Å². The lowest BCUT2D eigenvalue weighted by Crippen LogP contribution is -2.04. The maximum atomic E-state index is 12.7. The van der Waals surface area contributed by atoms with E-state index in [4.69, 9.17) is 4.74 Å². The summed E-state index contributed by atoms with van der Waals surface area (Å²) in [6.07, 6.45) is 0.922. The predicted octanol–water partition coefficient (Wildman–Crippen LogP) is 5.57. The Balaban J connectivity index is 1.86. The zero-order valence-corrected chi connectivity index (χ0v) is 14.4. The van der Waals surface area contributed by atoms with Gasteiger partial charge in [0.1, 0.15) is 5.75 Å². The smallest absolute Gasteiger partial charge is 0.416 e. The zero-order chi connectivity index (χ0) is 19.4. The fourth-order valence-corrected chi connectivity index (χ4v) is 2.60. The molecule has 6 heteroatoms. The van der Waals surface area contributed by atoms with Crippen LogP contribution in [0.5, 0.6) is 5.75 Å². The van der Waals surface area contributed by atoms with Gasteiger partial charge >= 0.3 is 6.18 Å². The van der Waals surface area contributed by atoms with Gasteiger partial charge in [0, 0.05) is 18.1 Å². The van der Waals surface area contributed by atoms with Crippen LogP contribution in [-0.4, -0.2) is 11.7 Å². The van der Waals surface area contributed by atoms with Crippen molar-refractivity contribution in [3.63, 3.8) is 0 Å². The number of aromatic nitrogens is 1. The summed E-state index contributed by atoms with van der Waals surface area (Å²) in [5.41, 5.74) is 1.67. The summed E-state index contributed by atoms with van der Waals surface area (Å²) in [4.78, 5) is 0. The van der Waals surface area contributed by atoms with Crippen molar-refractivity contribution in [3.05, 3.63) is 83.7 Å². The summed E-state index contributed by atoms with van der Waals surface area (Å²) >= 11 is 0. The second-order valence-electron chi connectivity index (χ2n) is 5.80. The summed E-state index contributed by atoms with van der Waals surface area (Å²) in [5.74, 6) is 0.750. The molecule has 0 aliphatic rings. The van der Waals surface area contributed by atoms with Gasteiger partial charge in [-0.2, -0.15) is 18.4 Å². The molecule has 0 saturated heterocycles. The minimum Gasteiger partial charge on any atom is -0.497 e. The highest BCUT2D eigenvalue weighted by atomic mass is 19.4. The van der Waals surface area contributed by atoms with Crippen molar-refractivity contribution in [1.82, 2.24) is 4.57 Å². The highest BCUT2D eigenvalue weighted by molar-refractivity contribution is 5.89. The van der Waals surface area contributed by atoms with Crippen molar-refractivity contribution >= 4 is 11.6 Å². The van der Waals surface area contributed by atoms with Gasteiger partial charge in [-0.3, -0.25) is 0 Å². The first-order valence-electron chi connectivity index (χ1n) is 8.02. The molecule has 0 unspecified atom stereocenters. The Kier molecular flexibility index (Phi) is 5.04. The van der Waals surface area contributed by atoms with Crippen molar-refractivity contribution in [2.24, 2.45) is 0 Å². The number of ether oxygens (including phenoxy) is 1. The highest BCUT2D eigenvalue weighted by Crippen LogP contribution is 2.30. The Labute approximate surface area is 154 Å². The molecule has 0 aliphatic carbocycles. The van der Waals surface area contributed by atoms with Crippen LogP contribution in [0.15, 0.2) is 67.0 Å². The predicted molar refractivity (Wildman–Crippen MR) is 97.2 cm³/mol. The summed E-state index contributed by atoms with van der Waals surface area (Å²) < 4.78 is 45.0. The molecule has 3 aromatic rings. The van der Waals surface area contributed by atoms with Crippen molar-refractivity contribution in [3.8, 4) is 17.5 Å². The van der Waals surface area contributed by atoms with E-state index in [-0.39, 0.29) is 5.57 Å². The number of hydrogen-bond acceptors (Lipinski definition) is 2. The number of benzene rings is 2. The van der Waals surface area contributed by atoms with E-state index in [9.17, 15) is 18.4 Å². The van der Waals surface area contributed by atoms with Gasteiger partial charge in [-0.1, -0.05) is 12.1 Å². The lowest BCUT2D eigenvalue weighted by atomic mass is 10.0. The van der Waals surface area contributed by atoms with Crippen molar-refractivity contribution < 1.29 is 17.9 Å². The molecule has 3 rings (SSSR count). The molecule has 0 aliphatic heterocycles. The first kappa shape index (κ1) is 18.3. The molecule has 0 N–H and O–H groups in total. The Hall–Kier alpha value is -3.46. The molecule has 2 aromatic carbocycles. The third-order valence-electron chi connectivity index (χ3n) is 4.04. The first-order valence-corrected chi connectivity index (χ1v) is 8.02. The van der Waals surface area contributed by atoms with Gasteiger partial charge in [-0.05, 0) is 59.7 Å². The van der Waals surface area contributed by atoms with E-state index < -0.39 is 11.7 Å². The summed E-state index contributed by atoms with van der Waals surface area (Å²) in [7, 11) is 1.60. The SMILES string of the molecule is COc1ccc(-n2ccc(/C=C(\C#N)c3ccc(C(F)(F)F)cc3)c2)cc1. The molecule has 0 saturated carbocycles. The Morgan fingerprint density at radius 3 is 2.26 bits per heavy atom. The molecule has 136 valence electrons. The van der Waals surface area contributed by atoms with Gasteiger partial charge in [0.2, 0.25) is 0 Å². The van der Waals surface area contributed by atoms with Crippen molar-refractivity contribution in [2.75, 3.05) is 7.11 Å². The minimum absolute atomic E-state index is 0.288.